The highest BCUT2D eigenvalue weighted by molar-refractivity contribution is 5.68. The van der Waals surface area contributed by atoms with Crippen LogP contribution < -0.4 is 9.47 Å². The molecule has 1 aliphatic heterocycles. The van der Waals surface area contributed by atoms with Crippen molar-refractivity contribution in [1.29, 1.82) is 0 Å². The average molecular weight is 368 g/mol. The van der Waals surface area contributed by atoms with Gasteiger partial charge >= 0.3 is 5.97 Å². The molecule has 0 bridgehead atoms. The Morgan fingerprint density at radius 2 is 2.11 bits per heavy atom. The van der Waals surface area contributed by atoms with E-state index in [-0.39, 0.29) is 18.4 Å². The summed E-state index contributed by atoms with van der Waals surface area (Å²) < 4.78 is 26.5. The number of benzene rings is 2. The molecule has 3 aliphatic rings. The van der Waals surface area contributed by atoms with Crippen molar-refractivity contribution in [2.75, 3.05) is 6.61 Å². The predicted molar refractivity (Wildman–Crippen MR) is 97.1 cm³/mol. The molecule has 0 radical (unpaired) electrons. The summed E-state index contributed by atoms with van der Waals surface area (Å²) in [5, 5.41) is 9.01. The third-order valence-electron chi connectivity index (χ3n) is 5.95. The van der Waals surface area contributed by atoms with Crippen LogP contribution in [0, 0.1) is 0 Å². The molecule has 2 atom stereocenters. The highest BCUT2D eigenvalue weighted by Gasteiger charge is 2.47. The lowest BCUT2D eigenvalue weighted by Crippen LogP contribution is -2.07. The van der Waals surface area contributed by atoms with Gasteiger partial charge in [-0.05, 0) is 48.4 Å². The first-order valence-corrected chi connectivity index (χ1v) is 9.50. The molecule has 0 aromatic heterocycles. The lowest BCUT2D eigenvalue weighted by Gasteiger charge is -2.17. The van der Waals surface area contributed by atoms with Crippen LogP contribution in [-0.2, 0) is 16.9 Å². The van der Waals surface area contributed by atoms with Crippen molar-refractivity contribution >= 4 is 5.97 Å². The molecular formula is C22H21FO4. The fourth-order valence-electron chi connectivity index (χ4n) is 4.41. The molecular weight excluding hydrogens is 347 g/mol. The van der Waals surface area contributed by atoms with E-state index in [1.165, 1.54) is 0 Å². The second kappa shape index (κ2) is 5.98. The summed E-state index contributed by atoms with van der Waals surface area (Å²) in [5.41, 5.74) is 2.84. The van der Waals surface area contributed by atoms with E-state index in [0.717, 1.165) is 35.1 Å². The van der Waals surface area contributed by atoms with Crippen LogP contribution in [0.4, 0.5) is 4.39 Å². The number of carboxylic acid groups (broad SMARTS) is 1. The molecule has 27 heavy (non-hydrogen) atoms. The lowest BCUT2D eigenvalue weighted by molar-refractivity contribution is -0.137. The molecule has 5 rings (SSSR count). The minimum absolute atomic E-state index is 0.0664. The molecule has 2 aromatic rings. The second-order valence-electron chi connectivity index (χ2n) is 7.79. The maximum Gasteiger partial charge on any atom is 0.304 e. The first-order valence-electron chi connectivity index (χ1n) is 9.50. The molecule has 1 N–H and O–H groups in total. The van der Waals surface area contributed by atoms with E-state index < -0.39 is 11.6 Å². The molecule has 0 spiro atoms. The monoisotopic (exact) mass is 368 g/mol. The number of fused-ring (bicyclic) bond motifs is 2. The predicted octanol–water partition coefficient (Wildman–Crippen LogP) is 4.66. The van der Waals surface area contributed by atoms with Gasteiger partial charge in [-0.3, -0.25) is 4.79 Å². The standard InChI is InChI=1S/C22H21FO4/c23-22(8-9-22)18-3-1-2-17-16(18)6-7-19(17)27-14-4-5-15-13(10-21(24)25)12-26-20(15)11-14/h1-5,11,13,19H,6-10,12H2,(H,24,25). The average Bonchev–Trinajstić information content (AvgIpc) is 3.09. The number of alkyl halides is 1. The van der Waals surface area contributed by atoms with E-state index in [0.29, 0.717) is 30.9 Å². The topological polar surface area (TPSA) is 55.8 Å². The molecule has 2 aromatic carbocycles. The summed E-state index contributed by atoms with van der Waals surface area (Å²) >= 11 is 0. The van der Waals surface area contributed by atoms with Crippen LogP contribution in [0.2, 0.25) is 0 Å². The summed E-state index contributed by atoms with van der Waals surface area (Å²) in [6.07, 6.45) is 2.89. The highest BCUT2D eigenvalue weighted by Crippen LogP contribution is 2.53. The third kappa shape index (κ3) is 2.85. The van der Waals surface area contributed by atoms with E-state index in [4.69, 9.17) is 14.6 Å². The molecule has 0 saturated heterocycles. The quantitative estimate of drug-likeness (QED) is 0.834. The number of carboxylic acids is 1. The summed E-state index contributed by atoms with van der Waals surface area (Å²) in [4.78, 5) is 11.0. The van der Waals surface area contributed by atoms with Gasteiger partial charge in [-0.15, -0.1) is 0 Å². The van der Waals surface area contributed by atoms with Crippen LogP contribution in [-0.4, -0.2) is 17.7 Å². The van der Waals surface area contributed by atoms with Crippen molar-refractivity contribution < 1.29 is 23.8 Å². The van der Waals surface area contributed by atoms with Crippen LogP contribution in [0.25, 0.3) is 0 Å². The van der Waals surface area contributed by atoms with Crippen LogP contribution in [0.3, 0.4) is 0 Å². The zero-order valence-electron chi connectivity index (χ0n) is 14.9. The fourth-order valence-corrected chi connectivity index (χ4v) is 4.41. The molecule has 0 amide bonds. The smallest absolute Gasteiger partial charge is 0.304 e. The SMILES string of the molecule is O=C(O)CC1COc2cc(OC3CCc4c3cccc4C3(F)CC3)ccc21. The summed E-state index contributed by atoms with van der Waals surface area (Å²) in [7, 11) is 0. The van der Waals surface area contributed by atoms with Gasteiger partial charge in [0.05, 0.1) is 13.0 Å². The lowest BCUT2D eigenvalue weighted by atomic mass is 9.97. The van der Waals surface area contributed by atoms with E-state index in [1.807, 2.05) is 36.4 Å². The van der Waals surface area contributed by atoms with Gasteiger partial charge in [-0.25, -0.2) is 4.39 Å². The van der Waals surface area contributed by atoms with Crippen LogP contribution in [0.5, 0.6) is 11.5 Å². The first-order chi connectivity index (χ1) is 13.0. The Hall–Kier alpha value is -2.56. The molecule has 5 heteroatoms. The number of rotatable bonds is 5. The van der Waals surface area contributed by atoms with Crippen molar-refractivity contribution in [3.05, 3.63) is 58.7 Å². The number of hydrogen-bond donors (Lipinski definition) is 1. The molecule has 1 heterocycles. The summed E-state index contributed by atoms with van der Waals surface area (Å²) in [5.74, 6) is 0.470. The van der Waals surface area contributed by atoms with Gasteiger partial charge in [0.25, 0.3) is 0 Å². The highest BCUT2D eigenvalue weighted by atomic mass is 19.1. The minimum atomic E-state index is -1.12. The fraction of sp³-hybridized carbons (Fsp3) is 0.409. The molecule has 4 nitrogen and oxygen atoms in total. The van der Waals surface area contributed by atoms with Crippen molar-refractivity contribution in [3.63, 3.8) is 0 Å². The molecule has 140 valence electrons. The van der Waals surface area contributed by atoms with Crippen molar-refractivity contribution in [2.24, 2.45) is 0 Å². The van der Waals surface area contributed by atoms with Crippen LogP contribution >= 0.6 is 0 Å². The van der Waals surface area contributed by atoms with Gasteiger partial charge in [0.15, 0.2) is 0 Å². The zero-order valence-corrected chi connectivity index (χ0v) is 14.9. The van der Waals surface area contributed by atoms with E-state index in [9.17, 15) is 9.18 Å². The van der Waals surface area contributed by atoms with E-state index in [1.54, 1.807) is 0 Å². The molecule has 2 aliphatic carbocycles. The van der Waals surface area contributed by atoms with Gasteiger partial charge in [0, 0.05) is 17.5 Å². The van der Waals surface area contributed by atoms with Gasteiger partial charge in [-0.1, -0.05) is 24.3 Å². The number of halogens is 1. The first kappa shape index (κ1) is 16.6. The van der Waals surface area contributed by atoms with Gasteiger partial charge in [0.2, 0.25) is 0 Å². The normalized spacial score (nSPS) is 24.0. The summed E-state index contributed by atoms with van der Waals surface area (Å²) in [6.45, 7) is 0.388. The van der Waals surface area contributed by atoms with Crippen molar-refractivity contribution in [1.82, 2.24) is 0 Å². The molecule has 1 fully saturated rings. The Bertz CT molecular complexity index is 919. The molecule has 1 saturated carbocycles. The zero-order chi connectivity index (χ0) is 18.6. The Morgan fingerprint density at radius 3 is 2.89 bits per heavy atom. The van der Waals surface area contributed by atoms with Crippen molar-refractivity contribution in [2.45, 2.75) is 49.8 Å². The minimum Gasteiger partial charge on any atom is -0.492 e. The third-order valence-corrected chi connectivity index (χ3v) is 5.95. The van der Waals surface area contributed by atoms with Crippen molar-refractivity contribution in [3.8, 4) is 11.5 Å². The van der Waals surface area contributed by atoms with E-state index >= 15 is 0 Å². The van der Waals surface area contributed by atoms with E-state index in [2.05, 4.69) is 0 Å². The maximum absolute atomic E-state index is 14.6. The van der Waals surface area contributed by atoms with Crippen LogP contribution in [0.15, 0.2) is 36.4 Å². The molecule has 2 unspecified atom stereocenters. The number of carbonyl (C=O) groups is 1. The number of ether oxygens (including phenoxy) is 2. The Kier molecular flexibility index (Phi) is 3.67. The number of aliphatic carboxylic acids is 1. The number of hydrogen-bond acceptors (Lipinski definition) is 3. The Balaban J connectivity index is 1.37. The maximum atomic E-state index is 14.6. The Morgan fingerprint density at radius 1 is 1.26 bits per heavy atom. The van der Waals surface area contributed by atoms with Crippen LogP contribution in [0.1, 0.15) is 60.0 Å². The Labute approximate surface area is 156 Å². The van der Waals surface area contributed by atoms with Gasteiger partial charge in [-0.2, -0.15) is 0 Å². The summed E-state index contributed by atoms with van der Waals surface area (Å²) in [6, 6.07) is 11.5. The second-order valence-corrected chi connectivity index (χ2v) is 7.79. The largest absolute Gasteiger partial charge is 0.492 e. The van der Waals surface area contributed by atoms with Gasteiger partial charge in [0.1, 0.15) is 23.3 Å². The van der Waals surface area contributed by atoms with Gasteiger partial charge < -0.3 is 14.6 Å².